The summed E-state index contributed by atoms with van der Waals surface area (Å²) in [5, 5.41) is 9.95. The van der Waals surface area contributed by atoms with Gasteiger partial charge >= 0.3 is 6.09 Å². The molecule has 0 saturated carbocycles. The smallest absolute Gasteiger partial charge is 0.407 e. The van der Waals surface area contributed by atoms with Crippen LogP contribution in [0, 0.1) is 29.1 Å². The van der Waals surface area contributed by atoms with Crippen LogP contribution in [-0.4, -0.2) is 31.1 Å². The summed E-state index contributed by atoms with van der Waals surface area (Å²) < 4.78 is 100. The van der Waals surface area contributed by atoms with Crippen molar-refractivity contribution in [1.82, 2.24) is 4.90 Å². The van der Waals surface area contributed by atoms with E-state index >= 15 is 4.39 Å². The van der Waals surface area contributed by atoms with Crippen LogP contribution >= 0.6 is 11.6 Å². The Balaban J connectivity index is 1.75. The number of carbonyl (C=O) groups is 1. The molecule has 226 valence electrons. The van der Waals surface area contributed by atoms with Crippen LogP contribution in [0.3, 0.4) is 0 Å². The Morgan fingerprint density at radius 1 is 0.814 bits per heavy atom. The first kappa shape index (κ1) is 31.8. The normalized spacial score (nSPS) is 12.2. The highest BCUT2D eigenvalue weighted by molar-refractivity contribution is 7.92. The first-order chi connectivity index (χ1) is 20.3. The number of hydrogen-bond acceptors (Lipinski definition) is 3. The Kier molecular flexibility index (Phi) is 9.61. The first-order valence-corrected chi connectivity index (χ1v) is 14.5. The van der Waals surface area contributed by atoms with Gasteiger partial charge in [0.2, 0.25) is 0 Å². The Morgan fingerprint density at radius 3 is 2.00 bits per heavy atom. The second-order valence-corrected chi connectivity index (χ2v) is 11.8. The Bertz CT molecular complexity index is 1760. The topological polar surface area (TPSA) is 77.9 Å². The van der Waals surface area contributed by atoms with Crippen LogP contribution < -0.4 is 4.31 Å². The van der Waals surface area contributed by atoms with Crippen LogP contribution in [0.4, 0.5) is 32.4 Å². The minimum atomic E-state index is -4.59. The zero-order chi connectivity index (χ0) is 31.5. The number of anilines is 1. The molecule has 13 heteroatoms. The predicted molar refractivity (Wildman–Crippen MR) is 151 cm³/mol. The van der Waals surface area contributed by atoms with E-state index in [4.69, 9.17) is 11.6 Å². The van der Waals surface area contributed by atoms with Crippen molar-refractivity contribution in [3.05, 3.63) is 130 Å². The van der Waals surface area contributed by atoms with Crippen molar-refractivity contribution >= 4 is 33.4 Å². The van der Waals surface area contributed by atoms with Crippen molar-refractivity contribution in [2.24, 2.45) is 0 Å². The highest BCUT2D eigenvalue weighted by Gasteiger charge is 2.34. The van der Waals surface area contributed by atoms with E-state index in [0.717, 1.165) is 47.4 Å². The fourth-order valence-corrected chi connectivity index (χ4v) is 6.38. The van der Waals surface area contributed by atoms with Gasteiger partial charge in [-0.15, -0.1) is 0 Å². The number of amides is 1. The third-order valence-electron chi connectivity index (χ3n) is 6.71. The van der Waals surface area contributed by atoms with E-state index in [0.29, 0.717) is 10.4 Å². The lowest BCUT2D eigenvalue weighted by Gasteiger charge is -2.32. The molecule has 0 unspecified atom stereocenters. The standard InChI is InChI=1S/C30H24ClF5N2O4S/c1-18(38(29-16-24(34)6-11-28(29)36)43(41,42)25-7-2-21(31)3-8-25)26-9-4-22(32)14-19(26)12-13-37(30(39)40)17-20-15-23(33)5-10-27(20)35/h2-11,14-16,18H,12-13,17H2,1H3,(H,39,40)/t18-/m1/s1. The molecule has 0 bridgehead atoms. The second kappa shape index (κ2) is 13.0. The van der Waals surface area contributed by atoms with Crippen LogP contribution in [-0.2, 0) is 23.0 Å². The number of carboxylic acid groups (broad SMARTS) is 1. The molecule has 0 aliphatic heterocycles. The summed E-state index contributed by atoms with van der Waals surface area (Å²) in [7, 11) is -4.59. The molecule has 1 N–H and O–H groups in total. The quantitative estimate of drug-likeness (QED) is 0.181. The summed E-state index contributed by atoms with van der Waals surface area (Å²) in [4.78, 5) is 12.4. The minimum Gasteiger partial charge on any atom is -0.465 e. The van der Waals surface area contributed by atoms with Crippen molar-refractivity contribution in [2.45, 2.75) is 30.8 Å². The molecule has 0 spiro atoms. The van der Waals surface area contributed by atoms with Gasteiger partial charge in [-0.2, -0.15) is 0 Å². The summed E-state index contributed by atoms with van der Waals surface area (Å²) in [6.45, 7) is 0.531. The molecule has 0 aliphatic carbocycles. The molecule has 43 heavy (non-hydrogen) atoms. The molecule has 1 atom stereocenters. The largest absolute Gasteiger partial charge is 0.465 e. The van der Waals surface area contributed by atoms with Gasteiger partial charge in [0.15, 0.2) is 0 Å². The van der Waals surface area contributed by atoms with E-state index < -0.39 is 63.5 Å². The molecule has 4 rings (SSSR count). The van der Waals surface area contributed by atoms with Crippen LogP contribution in [0.2, 0.25) is 5.02 Å². The lowest BCUT2D eigenvalue weighted by atomic mass is 9.98. The van der Waals surface area contributed by atoms with Crippen LogP contribution in [0.15, 0.2) is 83.8 Å². The lowest BCUT2D eigenvalue weighted by molar-refractivity contribution is 0.142. The SMILES string of the molecule is C[C@H](c1ccc(F)cc1CCN(Cc1cc(F)ccc1F)C(=O)O)N(c1cc(F)ccc1F)S(=O)(=O)c1ccc(Cl)cc1. The monoisotopic (exact) mass is 638 g/mol. The van der Waals surface area contributed by atoms with Crippen molar-refractivity contribution in [1.29, 1.82) is 0 Å². The van der Waals surface area contributed by atoms with Crippen LogP contribution in [0.1, 0.15) is 29.7 Å². The maximum absolute atomic E-state index is 15.1. The average molecular weight is 639 g/mol. The summed E-state index contributed by atoms with van der Waals surface area (Å²) >= 11 is 5.91. The lowest BCUT2D eigenvalue weighted by Crippen LogP contribution is -2.35. The number of nitrogens with zero attached hydrogens (tertiary/aromatic N) is 2. The van der Waals surface area contributed by atoms with Gasteiger partial charge in [-0.25, -0.2) is 35.2 Å². The third kappa shape index (κ3) is 7.26. The highest BCUT2D eigenvalue weighted by Crippen LogP contribution is 2.37. The minimum absolute atomic E-state index is 0.145. The zero-order valence-electron chi connectivity index (χ0n) is 22.4. The van der Waals surface area contributed by atoms with E-state index in [9.17, 15) is 35.9 Å². The number of rotatable bonds is 10. The maximum Gasteiger partial charge on any atom is 0.407 e. The molecule has 0 radical (unpaired) electrons. The molecular formula is C30H24ClF5N2O4S. The molecule has 1 amide bonds. The van der Waals surface area contributed by atoms with Gasteiger partial charge in [0, 0.05) is 23.2 Å². The molecule has 4 aromatic carbocycles. The van der Waals surface area contributed by atoms with Crippen molar-refractivity contribution < 1.29 is 40.3 Å². The number of benzene rings is 4. The molecule has 0 aromatic heterocycles. The molecular weight excluding hydrogens is 615 g/mol. The number of hydrogen-bond donors (Lipinski definition) is 1. The molecule has 6 nitrogen and oxygen atoms in total. The van der Waals surface area contributed by atoms with Crippen molar-refractivity contribution in [2.75, 3.05) is 10.8 Å². The van der Waals surface area contributed by atoms with Gasteiger partial charge in [0.05, 0.1) is 23.2 Å². The molecule has 4 aromatic rings. The Hall–Kier alpha value is -4.16. The van der Waals surface area contributed by atoms with Crippen molar-refractivity contribution in [3.63, 3.8) is 0 Å². The Morgan fingerprint density at radius 2 is 1.37 bits per heavy atom. The molecule has 0 heterocycles. The van der Waals surface area contributed by atoms with E-state index in [2.05, 4.69) is 0 Å². The van der Waals surface area contributed by atoms with Gasteiger partial charge in [0.25, 0.3) is 10.0 Å². The summed E-state index contributed by atoms with van der Waals surface area (Å²) in [6.07, 6.45) is -1.66. The number of halogens is 6. The van der Waals surface area contributed by atoms with E-state index in [1.807, 2.05) is 0 Å². The van der Waals surface area contributed by atoms with E-state index in [-0.39, 0.29) is 39.6 Å². The predicted octanol–water partition coefficient (Wildman–Crippen LogP) is 7.71. The van der Waals surface area contributed by atoms with Gasteiger partial charge in [-0.1, -0.05) is 17.7 Å². The van der Waals surface area contributed by atoms with Gasteiger partial charge < -0.3 is 10.0 Å². The van der Waals surface area contributed by atoms with Gasteiger partial charge in [0.1, 0.15) is 29.1 Å². The first-order valence-electron chi connectivity index (χ1n) is 12.7. The Labute approximate surface area is 249 Å². The van der Waals surface area contributed by atoms with E-state index in [1.165, 1.54) is 37.3 Å². The van der Waals surface area contributed by atoms with E-state index in [1.54, 1.807) is 0 Å². The molecule has 0 saturated heterocycles. The van der Waals surface area contributed by atoms with Gasteiger partial charge in [-0.3, -0.25) is 4.31 Å². The average Bonchev–Trinajstić information content (AvgIpc) is 2.94. The third-order valence-corrected chi connectivity index (χ3v) is 8.86. The number of sulfonamides is 1. The zero-order valence-corrected chi connectivity index (χ0v) is 24.0. The van der Waals surface area contributed by atoms with Crippen LogP contribution in [0.25, 0.3) is 0 Å². The second-order valence-electron chi connectivity index (χ2n) is 9.56. The summed E-state index contributed by atoms with van der Waals surface area (Å²) in [5.74, 6) is -4.29. The fraction of sp³-hybridized carbons (Fsp3) is 0.167. The summed E-state index contributed by atoms with van der Waals surface area (Å²) in [5.41, 5.74) is -0.542. The summed E-state index contributed by atoms with van der Waals surface area (Å²) in [6, 6.07) is 12.0. The highest BCUT2D eigenvalue weighted by atomic mass is 35.5. The maximum atomic E-state index is 15.1. The molecule has 0 aliphatic rings. The fourth-order valence-electron chi connectivity index (χ4n) is 4.61. The van der Waals surface area contributed by atoms with Gasteiger partial charge in [-0.05, 0) is 91.2 Å². The van der Waals surface area contributed by atoms with Crippen molar-refractivity contribution in [3.8, 4) is 0 Å². The van der Waals surface area contributed by atoms with Crippen LogP contribution in [0.5, 0.6) is 0 Å². The molecule has 0 fully saturated rings.